The fourth-order valence-corrected chi connectivity index (χ4v) is 5.22. The van der Waals surface area contributed by atoms with E-state index in [0.717, 1.165) is 16.7 Å². The number of benzene rings is 1. The summed E-state index contributed by atoms with van der Waals surface area (Å²) >= 11 is 0. The molecule has 1 saturated heterocycles. The zero-order valence-electron chi connectivity index (χ0n) is 16.4. The van der Waals surface area contributed by atoms with Crippen molar-refractivity contribution in [3.8, 4) is 0 Å². The molecule has 2 rings (SSSR count). The van der Waals surface area contributed by atoms with Crippen molar-refractivity contribution in [2.24, 2.45) is 0 Å². The van der Waals surface area contributed by atoms with Crippen LogP contribution < -0.4 is 0 Å². The number of piperazine rings is 1. The lowest BCUT2D eigenvalue weighted by atomic mass is 10.1. The van der Waals surface area contributed by atoms with Gasteiger partial charge in [-0.2, -0.15) is 4.31 Å². The van der Waals surface area contributed by atoms with E-state index in [1.54, 1.807) is 18.7 Å². The second-order valence-corrected chi connectivity index (χ2v) is 8.80. The van der Waals surface area contributed by atoms with Crippen LogP contribution in [0.5, 0.6) is 0 Å². The first-order valence-corrected chi connectivity index (χ1v) is 10.6. The van der Waals surface area contributed by atoms with Gasteiger partial charge in [-0.3, -0.25) is 9.59 Å². The molecule has 1 aliphatic rings. The summed E-state index contributed by atoms with van der Waals surface area (Å²) in [6.07, 6.45) is 0.954. The SMILES string of the molecule is CCCC(=O)OCC(=O)N1CCN(S(=O)(=O)c2c(C)cc(C)cc2C)CC1. The van der Waals surface area contributed by atoms with Crippen molar-refractivity contribution >= 4 is 21.9 Å². The molecule has 8 heteroatoms. The molecule has 0 aromatic heterocycles. The number of carbonyl (C=O) groups excluding carboxylic acids is 2. The molecule has 0 spiro atoms. The van der Waals surface area contributed by atoms with Crippen LogP contribution in [0, 0.1) is 20.8 Å². The third-order valence-corrected chi connectivity index (χ3v) is 6.81. The van der Waals surface area contributed by atoms with E-state index in [0.29, 0.717) is 11.3 Å². The first-order chi connectivity index (χ1) is 12.7. The summed E-state index contributed by atoms with van der Waals surface area (Å²) < 4.78 is 32.5. The highest BCUT2D eigenvalue weighted by atomic mass is 32.2. The molecule has 1 aliphatic heterocycles. The van der Waals surface area contributed by atoms with Crippen LogP contribution in [0.3, 0.4) is 0 Å². The Morgan fingerprint density at radius 2 is 1.59 bits per heavy atom. The topological polar surface area (TPSA) is 84.0 Å². The highest BCUT2D eigenvalue weighted by Gasteiger charge is 2.32. The van der Waals surface area contributed by atoms with Crippen molar-refractivity contribution in [2.45, 2.75) is 45.4 Å². The average molecular weight is 397 g/mol. The van der Waals surface area contributed by atoms with E-state index >= 15 is 0 Å². The predicted molar refractivity (Wildman–Crippen MR) is 102 cm³/mol. The van der Waals surface area contributed by atoms with Crippen molar-refractivity contribution in [2.75, 3.05) is 32.8 Å². The zero-order chi connectivity index (χ0) is 20.2. The second-order valence-electron chi connectivity index (χ2n) is 6.92. The minimum Gasteiger partial charge on any atom is -0.456 e. The largest absolute Gasteiger partial charge is 0.456 e. The standard InChI is InChI=1S/C19H28N2O5S/c1-5-6-18(23)26-13-17(22)20-7-9-21(10-8-20)27(24,25)19-15(3)11-14(2)12-16(19)4/h11-12H,5-10,13H2,1-4H3. The summed E-state index contributed by atoms with van der Waals surface area (Å²) in [4.78, 5) is 25.4. The van der Waals surface area contributed by atoms with Crippen LogP contribution in [0.2, 0.25) is 0 Å². The maximum atomic E-state index is 13.1. The summed E-state index contributed by atoms with van der Waals surface area (Å²) in [6.45, 7) is 8.14. The molecular formula is C19H28N2O5S. The van der Waals surface area contributed by atoms with E-state index in [1.807, 2.05) is 26.0 Å². The lowest BCUT2D eigenvalue weighted by molar-refractivity contribution is -0.152. The van der Waals surface area contributed by atoms with Gasteiger partial charge in [0, 0.05) is 32.6 Å². The molecule has 1 aromatic carbocycles. The normalized spacial score (nSPS) is 15.6. The van der Waals surface area contributed by atoms with Gasteiger partial charge in [-0.25, -0.2) is 8.42 Å². The summed E-state index contributed by atoms with van der Waals surface area (Å²) in [5.41, 5.74) is 2.49. The number of nitrogens with zero attached hydrogens (tertiary/aromatic N) is 2. The molecule has 1 fully saturated rings. The Bertz CT molecular complexity index is 788. The predicted octanol–water partition coefficient (Wildman–Crippen LogP) is 1.79. The van der Waals surface area contributed by atoms with Crippen LogP contribution in [-0.2, 0) is 24.3 Å². The number of hydrogen-bond acceptors (Lipinski definition) is 5. The van der Waals surface area contributed by atoms with E-state index in [9.17, 15) is 18.0 Å². The van der Waals surface area contributed by atoms with Gasteiger partial charge in [-0.05, 0) is 38.3 Å². The van der Waals surface area contributed by atoms with Crippen molar-refractivity contribution in [1.29, 1.82) is 0 Å². The number of sulfonamides is 1. The number of hydrogen-bond donors (Lipinski definition) is 0. The summed E-state index contributed by atoms with van der Waals surface area (Å²) in [6, 6.07) is 3.73. The van der Waals surface area contributed by atoms with E-state index in [1.165, 1.54) is 4.31 Å². The van der Waals surface area contributed by atoms with E-state index in [4.69, 9.17) is 4.74 Å². The minimum atomic E-state index is -3.61. The Balaban J connectivity index is 2.01. The van der Waals surface area contributed by atoms with Crippen molar-refractivity contribution in [1.82, 2.24) is 9.21 Å². The molecule has 0 radical (unpaired) electrons. The van der Waals surface area contributed by atoms with Gasteiger partial charge in [-0.15, -0.1) is 0 Å². The quantitative estimate of drug-likeness (QED) is 0.685. The minimum absolute atomic E-state index is 0.226. The lowest BCUT2D eigenvalue weighted by Crippen LogP contribution is -2.51. The zero-order valence-corrected chi connectivity index (χ0v) is 17.3. The number of amides is 1. The first-order valence-electron chi connectivity index (χ1n) is 9.18. The van der Waals surface area contributed by atoms with Crippen LogP contribution in [0.4, 0.5) is 0 Å². The number of aryl methyl sites for hydroxylation is 3. The smallest absolute Gasteiger partial charge is 0.306 e. The third-order valence-electron chi connectivity index (χ3n) is 4.60. The van der Waals surface area contributed by atoms with Crippen molar-refractivity contribution < 1.29 is 22.7 Å². The molecular weight excluding hydrogens is 368 g/mol. The molecule has 27 heavy (non-hydrogen) atoms. The maximum Gasteiger partial charge on any atom is 0.306 e. The Kier molecular flexibility index (Phi) is 7.00. The van der Waals surface area contributed by atoms with Gasteiger partial charge in [-0.1, -0.05) is 24.6 Å². The Labute approximate surface area is 161 Å². The van der Waals surface area contributed by atoms with Gasteiger partial charge in [0.05, 0.1) is 4.90 Å². The monoisotopic (exact) mass is 396 g/mol. The summed E-state index contributed by atoms with van der Waals surface area (Å²) in [7, 11) is -3.61. The average Bonchev–Trinajstić information content (AvgIpc) is 2.59. The summed E-state index contributed by atoms with van der Waals surface area (Å²) in [5.74, 6) is -0.684. The molecule has 7 nitrogen and oxygen atoms in total. The van der Waals surface area contributed by atoms with Gasteiger partial charge in [0.25, 0.3) is 5.91 Å². The Morgan fingerprint density at radius 3 is 2.11 bits per heavy atom. The van der Waals surface area contributed by atoms with Crippen molar-refractivity contribution in [3.63, 3.8) is 0 Å². The first kappa shape index (κ1) is 21.4. The van der Waals surface area contributed by atoms with Crippen LogP contribution in [-0.4, -0.2) is 62.3 Å². The number of ether oxygens (including phenoxy) is 1. The summed E-state index contributed by atoms with van der Waals surface area (Å²) in [5, 5.41) is 0. The number of rotatable bonds is 6. The lowest BCUT2D eigenvalue weighted by Gasteiger charge is -2.34. The van der Waals surface area contributed by atoms with E-state index in [-0.39, 0.29) is 45.1 Å². The Morgan fingerprint density at radius 1 is 1.04 bits per heavy atom. The van der Waals surface area contributed by atoms with Gasteiger partial charge in [0.15, 0.2) is 6.61 Å². The van der Waals surface area contributed by atoms with Crippen LogP contribution in [0.25, 0.3) is 0 Å². The van der Waals surface area contributed by atoms with E-state index < -0.39 is 16.0 Å². The van der Waals surface area contributed by atoms with Gasteiger partial charge in [0.2, 0.25) is 10.0 Å². The number of esters is 1. The van der Waals surface area contributed by atoms with E-state index in [2.05, 4.69) is 0 Å². The molecule has 1 amide bonds. The molecule has 0 atom stereocenters. The van der Waals surface area contributed by atoms with Crippen LogP contribution >= 0.6 is 0 Å². The fraction of sp³-hybridized carbons (Fsp3) is 0.579. The third kappa shape index (κ3) is 5.07. The van der Waals surface area contributed by atoms with Crippen molar-refractivity contribution in [3.05, 3.63) is 28.8 Å². The molecule has 0 bridgehead atoms. The molecule has 1 heterocycles. The highest BCUT2D eigenvalue weighted by molar-refractivity contribution is 7.89. The molecule has 0 aliphatic carbocycles. The van der Waals surface area contributed by atoms with Gasteiger partial charge >= 0.3 is 5.97 Å². The maximum absolute atomic E-state index is 13.1. The molecule has 0 unspecified atom stereocenters. The fourth-order valence-electron chi connectivity index (χ4n) is 3.39. The molecule has 1 aromatic rings. The molecule has 0 saturated carbocycles. The van der Waals surface area contributed by atoms with Crippen LogP contribution in [0.15, 0.2) is 17.0 Å². The van der Waals surface area contributed by atoms with Crippen LogP contribution in [0.1, 0.15) is 36.5 Å². The van der Waals surface area contributed by atoms with Gasteiger partial charge in [0.1, 0.15) is 0 Å². The Hall–Kier alpha value is -1.93. The molecule has 150 valence electrons. The highest BCUT2D eigenvalue weighted by Crippen LogP contribution is 2.26. The molecule has 0 N–H and O–H groups in total. The van der Waals surface area contributed by atoms with Gasteiger partial charge < -0.3 is 9.64 Å². The number of carbonyl (C=O) groups is 2. The second kappa shape index (κ2) is 8.84.